The summed E-state index contributed by atoms with van der Waals surface area (Å²) in [5.74, 6) is -0.222. The lowest BCUT2D eigenvalue weighted by atomic mass is 10.2. The maximum atomic E-state index is 11.6. The number of aromatic nitrogens is 1. The van der Waals surface area contributed by atoms with Crippen molar-refractivity contribution >= 4 is 17.2 Å². The standard InChI is InChI=1S/C10H17N3O2S/c1-6(9-5-16-7(2)13-9)12-10(14)8(11)4-15-3/h5-6,8H,4,11H2,1-3H3,(H,12,14). The number of hydrogen-bond acceptors (Lipinski definition) is 5. The molecule has 3 N–H and O–H groups in total. The fourth-order valence-electron chi connectivity index (χ4n) is 1.23. The minimum atomic E-state index is -0.632. The van der Waals surface area contributed by atoms with Crippen molar-refractivity contribution in [3.8, 4) is 0 Å². The average Bonchev–Trinajstić information content (AvgIpc) is 2.65. The van der Waals surface area contributed by atoms with Crippen LogP contribution in [-0.2, 0) is 9.53 Å². The van der Waals surface area contributed by atoms with Gasteiger partial charge in [-0.3, -0.25) is 4.79 Å². The van der Waals surface area contributed by atoms with E-state index in [1.165, 1.54) is 7.11 Å². The first-order valence-electron chi connectivity index (χ1n) is 5.01. The van der Waals surface area contributed by atoms with Crippen molar-refractivity contribution in [3.05, 3.63) is 16.1 Å². The third-order valence-corrected chi connectivity index (χ3v) is 2.91. The van der Waals surface area contributed by atoms with Gasteiger partial charge < -0.3 is 15.8 Å². The molecule has 1 aromatic rings. The van der Waals surface area contributed by atoms with Crippen LogP contribution >= 0.6 is 11.3 Å². The number of ether oxygens (including phenoxy) is 1. The molecule has 1 aromatic heterocycles. The minimum absolute atomic E-state index is 0.125. The first-order valence-corrected chi connectivity index (χ1v) is 5.89. The van der Waals surface area contributed by atoms with Gasteiger partial charge in [0.15, 0.2) is 0 Å². The number of amides is 1. The summed E-state index contributed by atoms with van der Waals surface area (Å²) in [6, 6.07) is -0.757. The predicted molar refractivity (Wildman–Crippen MR) is 63.3 cm³/mol. The van der Waals surface area contributed by atoms with Crippen molar-refractivity contribution in [1.82, 2.24) is 10.3 Å². The maximum absolute atomic E-state index is 11.6. The van der Waals surface area contributed by atoms with E-state index in [9.17, 15) is 4.79 Å². The van der Waals surface area contributed by atoms with Crippen molar-refractivity contribution in [1.29, 1.82) is 0 Å². The van der Waals surface area contributed by atoms with Gasteiger partial charge in [-0.2, -0.15) is 0 Å². The molecular weight excluding hydrogens is 226 g/mol. The second-order valence-corrected chi connectivity index (χ2v) is 4.65. The molecular formula is C10H17N3O2S. The summed E-state index contributed by atoms with van der Waals surface area (Å²) < 4.78 is 4.82. The van der Waals surface area contributed by atoms with Crippen LogP contribution in [0.4, 0.5) is 0 Å². The Labute approximate surface area is 99.0 Å². The average molecular weight is 243 g/mol. The summed E-state index contributed by atoms with van der Waals surface area (Å²) in [5, 5.41) is 5.71. The molecule has 1 amide bonds. The second-order valence-electron chi connectivity index (χ2n) is 3.58. The zero-order valence-electron chi connectivity index (χ0n) is 9.69. The lowest BCUT2D eigenvalue weighted by Gasteiger charge is -2.15. The predicted octanol–water partition coefficient (Wildman–Crippen LogP) is 0.602. The number of nitrogens with one attached hydrogen (secondary N) is 1. The quantitative estimate of drug-likeness (QED) is 0.794. The number of methoxy groups -OCH3 is 1. The van der Waals surface area contributed by atoms with Gasteiger partial charge >= 0.3 is 0 Å². The number of carbonyl (C=O) groups is 1. The Hall–Kier alpha value is -0.980. The van der Waals surface area contributed by atoms with E-state index in [-0.39, 0.29) is 18.6 Å². The molecule has 0 saturated carbocycles. The molecule has 90 valence electrons. The molecule has 1 rings (SSSR count). The normalized spacial score (nSPS) is 14.5. The van der Waals surface area contributed by atoms with Crippen LogP contribution < -0.4 is 11.1 Å². The number of carbonyl (C=O) groups excluding carboxylic acids is 1. The lowest BCUT2D eigenvalue weighted by Crippen LogP contribution is -2.44. The highest BCUT2D eigenvalue weighted by atomic mass is 32.1. The van der Waals surface area contributed by atoms with Crippen molar-refractivity contribution in [2.24, 2.45) is 5.73 Å². The summed E-state index contributed by atoms with van der Waals surface area (Å²) in [6.07, 6.45) is 0. The Morgan fingerprint density at radius 1 is 1.75 bits per heavy atom. The number of rotatable bonds is 5. The summed E-state index contributed by atoms with van der Waals surface area (Å²) >= 11 is 1.56. The van der Waals surface area contributed by atoms with Crippen LogP contribution in [-0.4, -0.2) is 30.6 Å². The molecule has 16 heavy (non-hydrogen) atoms. The fourth-order valence-corrected chi connectivity index (χ4v) is 1.93. The van der Waals surface area contributed by atoms with Crippen molar-refractivity contribution < 1.29 is 9.53 Å². The van der Waals surface area contributed by atoms with Crippen LogP contribution in [0.2, 0.25) is 0 Å². The molecule has 0 aliphatic carbocycles. The maximum Gasteiger partial charge on any atom is 0.239 e. The van der Waals surface area contributed by atoms with Crippen LogP contribution in [0.5, 0.6) is 0 Å². The van der Waals surface area contributed by atoms with Gasteiger partial charge in [-0.25, -0.2) is 4.98 Å². The van der Waals surface area contributed by atoms with Crippen molar-refractivity contribution in [2.45, 2.75) is 25.9 Å². The summed E-state index contributed by atoms with van der Waals surface area (Å²) in [7, 11) is 1.51. The van der Waals surface area contributed by atoms with Gasteiger partial charge in [0, 0.05) is 12.5 Å². The smallest absolute Gasteiger partial charge is 0.239 e. The Morgan fingerprint density at radius 2 is 2.44 bits per heavy atom. The SMILES string of the molecule is COCC(N)C(=O)NC(C)c1csc(C)n1. The molecule has 5 nitrogen and oxygen atoms in total. The van der Waals surface area contributed by atoms with Crippen LogP contribution in [0, 0.1) is 6.92 Å². The van der Waals surface area contributed by atoms with Gasteiger partial charge in [0.2, 0.25) is 5.91 Å². The molecule has 6 heteroatoms. The molecule has 0 spiro atoms. The highest BCUT2D eigenvalue weighted by molar-refractivity contribution is 7.09. The summed E-state index contributed by atoms with van der Waals surface area (Å²) in [6.45, 7) is 4.03. The largest absolute Gasteiger partial charge is 0.383 e. The van der Waals surface area contributed by atoms with E-state index < -0.39 is 6.04 Å². The molecule has 0 fully saturated rings. The van der Waals surface area contributed by atoms with E-state index >= 15 is 0 Å². The molecule has 0 aliphatic rings. The zero-order valence-corrected chi connectivity index (χ0v) is 10.5. The van der Waals surface area contributed by atoms with Crippen molar-refractivity contribution in [2.75, 3.05) is 13.7 Å². The Kier molecular flexibility index (Phi) is 4.85. The number of hydrogen-bond donors (Lipinski definition) is 2. The van der Waals surface area contributed by atoms with E-state index in [4.69, 9.17) is 10.5 Å². The first-order chi connectivity index (χ1) is 7.54. The molecule has 2 atom stereocenters. The Bertz CT molecular complexity index is 354. The van der Waals surface area contributed by atoms with Crippen LogP contribution in [0.25, 0.3) is 0 Å². The summed E-state index contributed by atoms with van der Waals surface area (Å²) in [4.78, 5) is 15.9. The van der Waals surface area contributed by atoms with Gasteiger partial charge in [-0.15, -0.1) is 11.3 Å². The molecule has 1 heterocycles. The van der Waals surface area contributed by atoms with Gasteiger partial charge in [0.25, 0.3) is 0 Å². The molecule has 0 bridgehead atoms. The molecule has 2 unspecified atom stereocenters. The highest BCUT2D eigenvalue weighted by Gasteiger charge is 2.17. The third kappa shape index (κ3) is 3.55. The minimum Gasteiger partial charge on any atom is -0.383 e. The van der Waals surface area contributed by atoms with E-state index in [1.54, 1.807) is 11.3 Å². The van der Waals surface area contributed by atoms with Crippen LogP contribution in [0.1, 0.15) is 23.7 Å². The van der Waals surface area contributed by atoms with Crippen LogP contribution in [0.15, 0.2) is 5.38 Å². The van der Waals surface area contributed by atoms with E-state index in [0.717, 1.165) is 10.7 Å². The fraction of sp³-hybridized carbons (Fsp3) is 0.600. The molecule has 0 radical (unpaired) electrons. The molecule has 0 aromatic carbocycles. The van der Waals surface area contributed by atoms with Gasteiger partial charge in [0.1, 0.15) is 6.04 Å². The van der Waals surface area contributed by atoms with Crippen molar-refractivity contribution in [3.63, 3.8) is 0 Å². The van der Waals surface area contributed by atoms with Gasteiger partial charge in [-0.1, -0.05) is 0 Å². The van der Waals surface area contributed by atoms with Gasteiger partial charge in [0.05, 0.1) is 23.4 Å². The second kappa shape index (κ2) is 5.93. The van der Waals surface area contributed by atoms with Crippen LogP contribution in [0.3, 0.4) is 0 Å². The van der Waals surface area contributed by atoms with E-state index in [2.05, 4.69) is 10.3 Å². The zero-order chi connectivity index (χ0) is 12.1. The molecule has 0 saturated heterocycles. The molecule has 0 aliphatic heterocycles. The third-order valence-electron chi connectivity index (χ3n) is 2.12. The van der Waals surface area contributed by atoms with E-state index in [1.807, 2.05) is 19.2 Å². The first kappa shape index (κ1) is 13.1. The topological polar surface area (TPSA) is 77.2 Å². The summed E-state index contributed by atoms with van der Waals surface area (Å²) in [5.41, 5.74) is 6.47. The van der Waals surface area contributed by atoms with Gasteiger partial charge in [-0.05, 0) is 13.8 Å². The lowest BCUT2D eigenvalue weighted by molar-refractivity contribution is -0.124. The number of nitrogens with two attached hydrogens (primary N) is 1. The number of thiazole rings is 1. The monoisotopic (exact) mass is 243 g/mol. The Balaban J connectivity index is 2.51. The number of aryl methyl sites for hydroxylation is 1. The van der Waals surface area contributed by atoms with E-state index in [0.29, 0.717) is 0 Å². The number of nitrogens with zero attached hydrogens (tertiary/aromatic N) is 1. The highest BCUT2D eigenvalue weighted by Crippen LogP contribution is 2.15. The Morgan fingerprint density at radius 3 is 2.94 bits per heavy atom.